The van der Waals surface area contributed by atoms with Crippen LogP contribution in [0.3, 0.4) is 0 Å². The maximum absolute atomic E-state index is 12.7. The minimum absolute atomic E-state index is 0.0113. The molecule has 5 rings (SSSR count). The number of nitrogens with one attached hydrogen (secondary N) is 2. The van der Waals surface area contributed by atoms with Crippen molar-refractivity contribution in [1.29, 1.82) is 0 Å². The molecule has 0 aromatic carbocycles. The molecule has 9 nitrogen and oxygen atoms in total. The molecule has 1 aliphatic carbocycles. The number of rotatable bonds is 6. The Morgan fingerprint density at radius 2 is 1.97 bits per heavy atom. The maximum Gasteiger partial charge on any atom is 0.573 e. The summed E-state index contributed by atoms with van der Waals surface area (Å²) in [5, 5.41) is 5.81. The molecule has 3 aromatic rings. The van der Waals surface area contributed by atoms with Crippen LogP contribution in [0, 0.1) is 18.3 Å². The summed E-state index contributed by atoms with van der Waals surface area (Å²) in [7, 11) is 1.68. The van der Waals surface area contributed by atoms with Crippen LogP contribution in [0.2, 0.25) is 0 Å². The normalized spacial score (nSPS) is 21.2. The van der Waals surface area contributed by atoms with Crippen molar-refractivity contribution in [2.45, 2.75) is 45.4 Å². The van der Waals surface area contributed by atoms with Gasteiger partial charge in [-0.15, -0.1) is 13.2 Å². The highest BCUT2D eigenvalue weighted by Crippen LogP contribution is 2.47. The lowest BCUT2D eigenvalue weighted by Gasteiger charge is -2.37. The van der Waals surface area contributed by atoms with Crippen LogP contribution in [0.4, 0.5) is 30.6 Å². The lowest BCUT2D eigenvalue weighted by atomic mass is 9.69. The third-order valence-electron chi connectivity index (χ3n) is 7.50. The second-order valence-electron chi connectivity index (χ2n) is 10.2. The number of alkyl halides is 3. The van der Waals surface area contributed by atoms with Gasteiger partial charge in [0.1, 0.15) is 23.2 Å². The smallest absolute Gasteiger partial charge is 0.406 e. The fourth-order valence-electron chi connectivity index (χ4n) is 5.69. The highest BCUT2D eigenvalue weighted by Gasteiger charge is 2.44. The van der Waals surface area contributed by atoms with Crippen LogP contribution in [0.1, 0.15) is 37.8 Å². The van der Waals surface area contributed by atoms with E-state index < -0.39 is 6.36 Å². The van der Waals surface area contributed by atoms with Gasteiger partial charge in [0, 0.05) is 61.8 Å². The molecule has 12 heteroatoms. The molecule has 2 atom stereocenters. The molecule has 1 spiro atoms. The molecule has 2 fully saturated rings. The van der Waals surface area contributed by atoms with Gasteiger partial charge in [-0.1, -0.05) is 6.42 Å². The van der Waals surface area contributed by atoms with E-state index in [2.05, 4.69) is 35.2 Å². The number of nitrogens with zero attached hydrogens (tertiary/aromatic N) is 5. The first-order valence-electron chi connectivity index (χ1n) is 12.9. The summed E-state index contributed by atoms with van der Waals surface area (Å²) in [6, 6.07) is 7.75. The maximum atomic E-state index is 12.7. The molecule has 39 heavy (non-hydrogen) atoms. The van der Waals surface area contributed by atoms with Crippen LogP contribution in [0.25, 0.3) is 11.4 Å². The van der Waals surface area contributed by atoms with Crippen molar-refractivity contribution in [1.82, 2.24) is 25.3 Å². The first-order valence-corrected chi connectivity index (χ1v) is 12.9. The molecule has 0 bridgehead atoms. The van der Waals surface area contributed by atoms with E-state index in [-0.39, 0.29) is 28.8 Å². The highest BCUT2D eigenvalue weighted by atomic mass is 19.4. The number of halogens is 3. The van der Waals surface area contributed by atoms with Crippen LogP contribution >= 0.6 is 0 Å². The Hall–Kier alpha value is -3.96. The lowest BCUT2D eigenvalue weighted by molar-refractivity contribution is -0.274. The summed E-state index contributed by atoms with van der Waals surface area (Å²) in [6.45, 7) is 3.40. The SMILES string of the molecule is CNC(=O)C1CCCC2(CCN(c3cc(Nc4cc(OC(F)(F)F)ccn4)nc(-c4cccnc4C)n3)C2)C1. The number of aryl methyl sites for hydroxylation is 1. The van der Waals surface area contributed by atoms with Gasteiger partial charge in [0.15, 0.2) is 5.82 Å². The van der Waals surface area contributed by atoms with Gasteiger partial charge in [-0.2, -0.15) is 0 Å². The summed E-state index contributed by atoms with van der Waals surface area (Å²) in [5.41, 5.74) is 1.53. The van der Waals surface area contributed by atoms with Crippen molar-refractivity contribution in [3.05, 3.63) is 48.4 Å². The van der Waals surface area contributed by atoms with Crippen molar-refractivity contribution in [2.75, 3.05) is 30.4 Å². The molecule has 2 N–H and O–H groups in total. The van der Waals surface area contributed by atoms with E-state index >= 15 is 0 Å². The second kappa shape index (κ2) is 10.7. The molecule has 206 valence electrons. The Morgan fingerprint density at radius 3 is 2.74 bits per heavy atom. The van der Waals surface area contributed by atoms with Crippen LogP contribution in [0.15, 0.2) is 42.7 Å². The molecular formula is C27H30F3N7O2. The number of hydrogen-bond donors (Lipinski definition) is 2. The standard InChI is InChI=1S/C27H30F3N7O2/c1-17-20(6-4-10-32-17)24-35-22(34-21-13-19(7-11-33-21)39-27(28,29)30)14-23(36-24)37-12-9-26(16-37)8-3-5-18(15-26)25(38)31-2/h4,6-7,10-11,13-14,18H,3,5,8-9,12,15-16H2,1-2H3,(H,31,38)(H,33,34,35,36). The number of pyridine rings is 2. The first-order chi connectivity index (χ1) is 18.6. The van der Waals surface area contributed by atoms with Crippen LogP contribution in [-0.2, 0) is 4.79 Å². The number of carbonyl (C=O) groups is 1. The van der Waals surface area contributed by atoms with E-state index in [1.54, 1.807) is 25.4 Å². The second-order valence-corrected chi connectivity index (χ2v) is 10.2. The van der Waals surface area contributed by atoms with E-state index in [0.717, 1.165) is 68.6 Å². The van der Waals surface area contributed by atoms with E-state index in [1.165, 1.54) is 6.20 Å². The Morgan fingerprint density at radius 1 is 1.13 bits per heavy atom. The van der Waals surface area contributed by atoms with E-state index in [0.29, 0.717) is 17.5 Å². The van der Waals surface area contributed by atoms with Crippen molar-refractivity contribution >= 4 is 23.4 Å². The highest BCUT2D eigenvalue weighted by molar-refractivity contribution is 5.78. The van der Waals surface area contributed by atoms with Gasteiger partial charge in [-0.25, -0.2) is 15.0 Å². The van der Waals surface area contributed by atoms with Crippen LogP contribution < -0.4 is 20.3 Å². The third kappa shape index (κ3) is 6.21. The number of ether oxygens (including phenoxy) is 1. The van der Waals surface area contributed by atoms with Crippen molar-refractivity contribution in [3.63, 3.8) is 0 Å². The van der Waals surface area contributed by atoms with Crippen LogP contribution in [-0.4, -0.2) is 52.3 Å². The number of amides is 1. The summed E-state index contributed by atoms with van der Waals surface area (Å²) < 4.78 is 42.2. The summed E-state index contributed by atoms with van der Waals surface area (Å²) in [6.07, 6.45) is 2.85. The number of carbonyl (C=O) groups excluding carboxylic acids is 1. The zero-order chi connectivity index (χ0) is 27.6. The van der Waals surface area contributed by atoms with Gasteiger partial charge in [0.25, 0.3) is 0 Å². The van der Waals surface area contributed by atoms with Gasteiger partial charge in [0.05, 0.1) is 0 Å². The van der Waals surface area contributed by atoms with E-state index in [1.807, 2.05) is 13.0 Å². The number of anilines is 3. The van der Waals surface area contributed by atoms with Crippen molar-refractivity contribution in [2.24, 2.45) is 11.3 Å². The largest absolute Gasteiger partial charge is 0.573 e. The van der Waals surface area contributed by atoms with E-state index in [4.69, 9.17) is 4.98 Å². The fourth-order valence-corrected chi connectivity index (χ4v) is 5.69. The average Bonchev–Trinajstić information content (AvgIpc) is 3.30. The minimum Gasteiger partial charge on any atom is -0.406 e. The summed E-state index contributed by atoms with van der Waals surface area (Å²) in [5.74, 6) is 1.37. The molecule has 1 aliphatic heterocycles. The van der Waals surface area contributed by atoms with Gasteiger partial charge >= 0.3 is 6.36 Å². The first kappa shape index (κ1) is 26.6. The summed E-state index contributed by atoms with van der Waals surface area (Å²) in [4.78, 5) is 32.6. The molecule has 1 saturated heterocycles. The van der Waals surface area contributed by atoms with Crippen LogP contribution in [0.5, 0.6) is 5.75 Å². The molecule has 4 heterocycles. The Labute approximate surface area is 224 Å². The average molecular weight is 542 g/mol. The molecule has 3 aromatic heterocycles. The predicted octanol–water partition coefficient (Wildman–Crippen LogP) is 5.02. The summed E-state index contributed by atoms with van der Waals surface area (Å²) >= 11 is 0. The minimum atomic E-state index is -4.81. The molecule has 2 aliphatic rings. The van der Waals surface area contributed by atoms with Crippen molar-refractivity contribution < 1.29 is 22.7 Å². The molecule has 1 saturated carbocycles. The van der Waals surface area contributed by atoms with Gasteiger partial charge in [-0.05, 0) is 56.2 Å². The molecule has 2 unspecified atom stereocenters. The molecule has 1 amide bonds. The topological polar surface area (TPSA) is 105 Å². The quantitative estimate of drug-likeness (QED) is 0.449. The van der Waals surface area contributed by atoms with E-state index in [9.17, 15) is 18.0 Å². The number of hydrogen-bond acceptors (Lipinski definition) is 8. The third-order valence-corrected chi connectivity index (χ3v) is 7.50. The monoisotopic (exact) mass is 541 g/mol. The Kier molecular flexibility index (Phi) is 7.28. The predicted molar refractivity (Wildman–Crippen MR) is 139 cm³/mol. The molecular weight excluding hydrogens is 511 g/mol. The fraction of sp³-hybridized carbons (Fsp3) is 0.444. The van der Waals surface area contributed by atoms with Gasteiger partial charge in [0.2, 0.25) is 5.91 Å². The Balaban J connectivity index is 1.45. The van der Waals surface area contributed by atoms with Crippen molar-refractivity contribution in [3.8, 4) is 17.1 Å². The molecule has 0 radical (unpaired) electrons. The van der Waals surface area contributed by atoms with Gasteiger partial charge < -0.3 is 20.3 Å². The zero-order valence-corrected chi connectivity index (χ0v) is 21.8. The number of aromatic nitrogens is 4. The zero-order valence-electron chi connectivity index (χ0n) is 21.8. The Bertz CT molecular complexity index is 1350. The van der Waals surface area contributed by atoms with Gasteiger partial charge in [-0.3, -0.25) is 9.78 Å². The lowest BCUT2D eigenvalue weighted by Crippen LogP contribution is -2.38.